The summed E-state index contributed by atoms with van der Waals surface area (Å²) in [6, 6.07) is 15.8. The summed E-state index contributed by atoms with van der Waals surface area (Å²) in [5, 5.41) is 3.10. The minimum absolute atomic E-state index is 0.0333. The fourth-order valence-corrected chi connectivity index (χ4v) is 4.76. The number of amides is 2. The van der Waals surface area contributed by atoms with Crippen LogP contribution in [-0.4, -0.2) is 44.6 Å². The van der Waals surface area contributed by atoms with Crippen LogP contribution in [0.1, 0.15) is 19.8 Å². The molecule has 2 saturated heterocycles. The first kappa shape index (κ1) is 21.7. The summed E-state index contributed by atoms with van der Waals surface area (Å²) in [7, 11) is 0. The van der Waals surface area contributed by atoms with Crippen molar-refractivity contribution in [2.45, 2.75) is 19.8 Å². The van der Waals surface area contributed by atoms with Crippen LogP contribution in [0.25, 0.3) is 0 Å². The second-order valence-electron chi connectivity index (χ2n) is 8.13. The number of carbonyl (C=O) groups is 2. The largest absolute Gasteiger partial charge is 0.492 e. The fourth-order valence-electron chi connectivity index (χ4n) is 4.37. The van der Waals surface area contributed by atoms with Gasteiger partial charge in [0.1, 0.15) is 5.75 Å². The lowest BCUT2D eigenvalue weighted by atomic mass is 10.1. The maximum Gasteiger partial charge on any atom is 0.227 e. The number of rotatable bonds is 7. The Morgan fingerprint density at radius 1 is 1.19 bits per heavy atom. The average molecular weight is 486 g/mol. The van der Waals surface area contributed by atoms with Gasteiger partial charge >= 0.3 is 0 Å². The normalized spacial score (nSPS) is 20.9. The second-order valence-corrected chi connectivity index (χ2v) is 9.05. The van der Waals surface area contributed by atoms with E-state index in [1.807, 2.05) is 43.3 Å². The van der Waals surface area contributed by atoms with Crippen LogP contribution in [0.15, 0.2) is 53.0 Å². The summed E-state index contributed by atoms with van der Waals surface area (Å²) in [6.45, 7) is 5.39. The minimum atomic E-state index is -0.329. The molecule has 164 valence electrons. The maximum atomic E-state index is 12.8. The van der Waals surface area contributed by atoms with Crippen LogP contribution in [0.5, 0.6) is 5.75 Å². The van der Waals surface area contributed by atoms with E-state index in [0.717, 1.165) is 29.7 Å². The molecular formula is C24H28BrN3O3. The van der Waals surface area contributed by atoms with Crippen molar-refractivity contribution < 1.29 is 14.3 Å². The Balaban J connectivity index is 1.31. The zero-order valence-corrected chi connectivity index (χ0v) is 19.3. The predicted octanol–water partition coefficient (Wildman–Crippen LogP) is 3.84. The molecule has 31 heavy (non-hydrogen) atoms. The fraction of sp³-hybridized carbons (Fsp3) is 0.417. The van der Waals surface area contributed by atoms with E-state index in [1.165, 1.54) is 5.69 Å². The zero-order chi connectivity index (χ0) is 21.8. The lowest BCUT2D eigenvalue weighted by molar-refractivity contribution is -0.126. The molecule has 4 rings (SSSR count). The first-order valence-corrected chi connectivity index (χ1v) is 11.6. The highest BCUT2D eigenvalue weighted by molar-refractivity contribution is 9.10. The number of nitrogens with zero attached hydrogens (tertiary/aromatic N) is 2. The highest BCUT2D eigenvalue weighted by Crippen LogP contribution is 2.33. The molecule has 0 spiro atoms. The van der Waals surface area contributed by atoms with Gasteiger partial charge in [0.25, 0.3) is 0 Å². The summed E-state index contributed by atoms with van der Waals surface area (Å²) >= 11 is 3.53. The Kier molecular flexibility index (Phi) is 6.80. The topological polar surface area (TPSA) is 61.9 Å². The number of nitrogens with one attached hydrogen (secondary N) is 1. The Morgan fingerprint density at radius 2 is 2.03 bits per heavy atom. The maximum absolute atomic E-state index is 12.8. The van der Waals surface area contributed by atoms with E-state index in [-0.39, 0.29) is 24.2 Å². The van der Waals surface area contributed by atoms with E-state index in [1.54, 1.807) is 4.90 Å². The molecule has 2 atom stereocenters. The van der Waals surface area contributed by atoms with Crippen molar-refractivity contribution in [3.63, 3.8) is 0 Å². The van der Waals surface area contributed by atoms with Crippen LogP contribution in [0.4, 0.5) is 11.4 Å². The third-order valence-corrected chi connectivity index (χ3v) is 6.47. The van der Waals surface area contributed by atoms with E-state index in [4.69, 9.17) is 4.74 Å². The monoisotopic (exact) mass is 485 g/mol. The molecule has 0 bridgehead atoms. The Bertz CT molecular complexity index is 951. The van der Waals surface area contributed by atoms with Crippen molar-refractivity contribution in [2.24, 2.45) is 11.8 Å². The first-order valence-electron chi connectivity index (χ1n) is 10.9. The number of hydrogen-bond donors (Lipinski definition) is 1. The standard InChI is InChI=1S/C24H28BrN3O3/c1-2-31-22-9-4-3-8-21(22)28-16-18(12-23(28)29)24(30)26-14-17-10-11-27(15-17)20-7-5-6-19(25)13-20/h3-9,13,17-18H,2,10-12,14-16H2,1H3,(H,26,30). The van der Waals surface area contributed by atoms with Gasteiger partial charge in [-0.3, -0.25) is 9.59 Å². The van der Waals surface area contributed by atoms with E-state index in [9.17, 15) is 9.59 Å². The summed E-state index contributed by atoms with van der Waals surface area (Å²) in [5.74, 6) is 0.692. The molecule has 2 fully saturated rings. The summed E-state index contributed by atoms with van der Waals surface area (Å²) < 4.78 is 6.73. The van der Waals surface area contributed by atoms with Gasteiger partial charge in [-0.2, -0.15) is 0 Å². The average Bonchev–Trinajstić information content (AvgIpc) is 3.40. The molecule has 2 heterocycles. The van der Waals surface area contributed by atoms with Gasteiger partial charge in [-0.25, -0.2) is 0 Å². The number of para-hydroxylation sites is 2. The summed E-state index contributed by atoms with van der Waals surface area (Å²) in [5.41, 5.74) is 1.94. The van der Waals surface area contributed by atoms with Gasteiger partial charge in [-0.1, -0.05) is 34.1 Å². The third kappa shape index (κ3) is 5.03. The van der Waals surface area contributed by atoms with E-state index >= 15 is 0 Å². The molecule has 6 nitrogen and oxygen atoms in total. The van der Waals surface area contributed by atoms with Crippen LogP contribution >= 0.6 is 15.9 Å². The van der Waals surface area contributed by atoms with E-state index in [0.29, 0.717) is 31.4 Å². The molecule has 0 aliphatic carbocycles. The number of benzene rings is 2. The van der Waals surface area contributed by atoms with Crippen LogP contribution in [0.3, 0.4) is 0 Å². The molecule has 1 N–H and O–H groups in total. The van der Waals surface area contributed by atoms with Crippen LogP contribution in [0, 0.1) is 11.8 Å². The molecule has 2 aliphatic heterocycles. The molecule has 7 heteroatoms. The van der Waals surface area contributed by atoms with Gasteiger partial charge in [0, 0.05) is 42.8 Å². The van der Waals surface area contributed by atoms with Crippen molar-refractivity contribution in [1.82, 2.24) is 5.32 Å². The van der Waals surface area contributed by atoms with Crippen LogP contribution < -0.4 is 19.9 Å². The number of hydrogen-bond acceptors (Lipinski definition) is 4. The summed E-state index contributed by atoms with van der Waals surface area (Å²) in [4.78, 5) is 29.4. The van der Waals surface area contributed by atoms with Crippen LogP contribution in [-0.2, 0) is 9.59 Å². The minimum Gasteiger partial charge on any atom is -0.492 e. The van der Waals surface area contributed by atoms with Crippen molar-refractivity contribution in [3.8, 4) is 5.75 Å². The van der Waals surface area contributed by atoms with Crippen molar-refractivity contribution in [3.05, 3.63) is 53.0 Å². The zero-order valence-electron chi connectivity index (χ0n) is 17.7. The SMILES string of the molecule is CCOc1ccccc1N1CC(C(=O)NCC2CCN(c3cccc(Br)c3)C2)CC1=O. The van der Waals surface area contributed by atoms with Crippen molar-refractivity contribution >= 4 is 39.1 Å². The Morgan fingerprint density at radius 3 is 2.84 bits per heavy atom. The van der Waals surface area contributed by atoms with E-state index < -0.39 is 0 Å². The quantitative estimate of drug-likeness (QED) is 0.646. The van der Waals surface area contributed by atoms with E-state index in [2.05, 4.69) is 38.3 Å². The molecule has 2 unspecified atom stereocenters. The molecule has 0 saturated carbocycles. The van der Waals surface area contributed by atoms with Crippen molar-refractivity contribution in [2.75, 3.05) is 42.6 Å². The first-order chi connectivity index (χ1) is 15.0. The van der Waals surface area contributed by atoms with Gasteiger partial charge in [0.2, 0.25) is 11.8 Å². The number of anilines is 2. The second kappa shape index (κ2) is 9.73. The van der Waals surface area contributed by atoms with Gasteiger partial charge in [0.15, 0.2) is 0 Å². The molecule has 2 aliphatic rings. The molecule has 0 radical (unpaired) electrons. The Hall–Kier alpha value is -2.54. The van der Waals surface area contributed by atoms with Gasteiger partial charge < -0.3 is 19.9 Å². The highest BCUT2D eigenvalue weighted by Gasteiger charge is 2.36. The van der Waals surface area contributed by atoms with Crippen molar-refractivity contribution in [1.29, 1.82) is 0 Å². The van der Waals surface area contributed by atoms with Gasteiger partial charge in [0.05, 0.1) is 18.2 Å². The molecule has 2 amide bonds. The molecule has 2 aromatic rings. The van der Waals surface area contributed by atoms with Gasteiger partial charge in [-0.05, 0) is 49.6 Å². The number of carbonyl (C=O) groups excluding carboxylic acids is 2. The molecular weight excluding hydrogens is 458 g/mol. The van der Waals surface area contributed by atoms with Gasteiger partial charge in [-0.15, -0.1) is 0 Å². The third-order valence-electron chi connectivity index (χ3n) is 5.98. The predicted molar refractivity (Wildman–Crippen MR) is 126 cm³/mol. The Labute approximate surface area is 191 Å². The number of ether oxygens (including phenoxy) is 1. The molecule has 0 aromatic heterocycles. The highest BCUT2D eigenvalue weighted by atomic mass is 79.9. The number of halogens is 1. The smallest absolute Gasteiger partial charge is 0.227 e. The van der Waals surface area contributed by atoms with Crippen LogP contribution in [0.2, 0.25) is 0 Å². The summed E-state index contributed by atoms with van der Waals surface area (Å²) in [6.07, 6.45) is 1.28. The molecule has 2 aromatic carbocycles. The lowest BCUT2D eigenvalue weighted by Crippen LogP contribution is -2.36. The lowest BCUT2D eigenvalue weighted by Gasteiger charge is -2.20.